The molecule has 1 heterocycles. The van der Waals surface area contributed by atoms with Crippen molar-refractivity contribution in [1.82, 2.24) is 5.32 Å². The van der Waals surface area contributed by atoms with Crippen LogP contribution in [0, 0.1) is 5.92 Å². The van der Waals surface area contributed by atoms with Gasteiger partial charge < -0.3 is 14.8 Å². The van der Waals surface area contributed by atoms with Gasteiger partial charge in [0.1, 0.15) is 5.76 Å². The summed E-state index contributed by atoms with van der Waals surface area (Å²) in [6, 6.07) is 4.19. The molecule has 2 rings (SSSR count). The van der Waals surface area contributed by atoms with Crippen LogP contribution in [0.25, 0.3) is 6.08 Å². The fraction of sp³-hybridized carbons (Fsp3) is 0.385. The summed E-state index contributed by atoms with van der Waals surface area (Å²) in [5.74, 6) is 1.20. The van der Waals surface area contributed by atoms with E-state index in [1.165, 1.54) is 0 Å². The highest BCUT2D eigenvalue weighted by molar-refractivity contribution is 5.42. The highest BCUT2D eigenvalue weighted by Crippen LogP contribution is 2.16. The summed E-state index contributed by atoms with van der Waals surface area (Å²) in [5.41, 5.74) is 0. The van der Waals surface area contributed by atoms with Gasteiger partial charge in [-0.1, -0.05) is 18.2 Å². The van der Waals surface area contributed by atoms with Gasteiger partial charge in [0.25, 0.3) is 0 Å². The molecule has 0 fully saturated rings. The van der Waals surface area contributed by atoms with Crippen LogP contribution in [-0.4, -0.2) is 24.3 Å². The van der Waals surface area contributed by atoms with Gasteiger partial charge in [0.15, 0.2) is 0 Å². The molecule has 0 radical (unpaired) electrons. The van der Waals surface area contributed by atoms with E-state index in [0.717, 1.165) is 18.7 Å². The van der Waals surface area contributed by atoms with Crippen molar-refractivity contribution in [3.05, 3.63) is 42.4 Å². The largest absolute Gasteiger partial charge is 0.465 e. The SMILES string of the molecule is OC[C@H]1C=C[C@@H](NC/C=C/c2ccco2)C1. The maximum Gasteiger partial charge on any atom is 0.126 e. The Morgan fingerprint density at radius 2 is 2.44 bits per heavy atom. The second-order valence-corrected chi connectivity index (χ2v) is 4.00. The lowest BCUT2D eigenvalue weighted by molar-refractivity contribution is 0.247. The molecule has 0 spiro atoms. The molecule has 0 saturated heterocycles. The summed E-state index contributed by atoms with van der Waals surface area (Å²) in [5, 5.41) is 12.4. The molecule has 3 nitrogen and oxygen atoms in total. The van der Waals surface area contributed by atoms with Gasteiger partial charge in [-0.3, -0.25) is 0 Å². The third-order valence-electron chi connectivity index (χ3n) is 2.73. The van der Waals surface area contributed by atoms with Gasteiger partial charge in [-0.2, -0.15) is 0 Å². The summed E-state index contributed by atoms with van der Waals surface area (Å²) < 4.78 is 5.18. The fourth-order valence-corrected chi connectivity index (χ4v) is 1.84. The van der Waals surface area contributed by atoms with Crippen LogP contribution in [-0.2, 0) is 0 Å². The second-order valence-electron chi connectivity index (χ2n) is 4.00. The first-order valence-electron chi connectivity index (χ1n) is 5.61. The lowest BCUT2D eigenvalue weighted by atomic mass is 10.1. The predicted octanol–water partition coefficient (Wildman–Crippen LogP) is 1.82. The summed E-state index contributed by atoms with van der Waals surface area (Å²) in [7, 11) is 0. The Bertz CT molecular complexity index is 354. The van der Waals surface area contributed by atoms with E-state index in [4.69, 9.17) is 9.52 Å². The first-order valence-corrected chi connectivity index (χ1v) is 5.61. The highest BCUT2D eigenvalue weighted by atomic mass is 16.3. The van der Waals surface area contributed by atoms with Crippen LogP contribution in [0.1, 0.15) is 12.2 Å². The van der Waals surface area contributed by atoms with Gasteiger partial charge in [0, 0.05) is 25.1 Å². The normalized spacial score (nSPS) is 24.6. The molecule has 1 aliphatic carbocycles. The Labute approximate surface area is 95.5 Å². The van der Waals surface area contributed by atoms with Gasteiger partial charge in [-0.25, -0.2) is 0 Å². The highest BCUT2D eigenvalue weighted by Gasteiger charge is 2.16. The van der Waals surface area contributed by atoms with Crippen LogP contribution < -0.4 is 5.32 Å². The zero-order valence-corrected chi connectivity index (χ0v) is 9.17. The summed E-state index contributed by atoms with van der Waals surface area (Å²) in [6.07, 6.45) is 10.9. The topological polar surface area (TPSA) is 45.4 Å². The van der Waals surface area contributed by atoms with Crippen molar-refractivity contribution in [3.8, 4) is 0 Å². The first-order chi connectivity index (χ1) is 7.88. The number of hydrogen-bond acceptors (Lipinski definition) is 3. The standard InChI is InChI=1S/C13H17NO2/c15-10-11-5-6-12(9-11)14-7-1-3-13-4-2-8-16-13/h1-6,8,11-12,14-15H,7,9-10H2/b3-1+/t11-,12+/m0/s1. The van der Waals surface area contributed by atoms with Gasteiger partial charge in [0.05, 0.1) is 6.26 Å². The second kappa shape index (κ2) is 5.68. The molecular formula is C13H17NO2. The number of aliphatic hydroxyl groups excluding tert-OH is 1. The van der Waals surface area contributed by atoms with Crippen molar-refractivity contribution in [2.45, 2.75) is 12.5 Å². The molecule has 86 valence electrons. The maximum atomic E-state index is 8.97. The predicted molar refractivity (Wildman–Crippen MR) is 63.9 cm³/mol. The van der Waals surface area contributed by atoms with Crippen LogP contribution in [0.4, 0.5) is 0 Å². The molecule has 1 aromatic rings. The quantitative estimate of drug-likeness (QED) is 0.742. The van der Waals surface area contributed by atoms with Crippen molar-refractivity contribution in [2.75, 3.05) is 13.2 Å². The van der Waals surface area contributed by atoms with E-state index < -0.39 is 0 Å². The van der Waals surface area contributed by atoms with E-state index in [0.29, 0.717) is 12.0 Å². The number of hydrogen-bond donors (Lipinski definition) is 2. The maximum absolute atomic E-state index is 8.97. The van der Waals surface area contributed by atoms with E-state index >= 15 is 0 Å². The Hall–Kier alpha value is -1.32. The molecule has 1 aliphatic rings. The number of furan rings is 1. The van der Waals surface area contributed by atoms with E-state index in [2.05, 4.69) is 17.5 Å². The van der Waals surface area contributed by atoms with Gasteiger partial charge in [-0.05, 0) is 24.6 Å². The van der Waals surface area contributed by atoms with Crippen molar-refractivity contribution < 1.29 is 9.52 Å². The van der Waals surface area contributed by atoms with Gasteiger partial charge in [0.2, 0.25) is 0 Å². The van der Waals surface area contributed by atoms with Crippen LogP contribution >= 0.6 is 0 Å². The van der Waals surface area contributed by atoms with Crippen LogP contribution in [0.2, 0.25) is 0 Å². The molecule has 0 bridgehead atoms. The number of rotatable bonds is 5. The lowest BCUT2D eigenvalue weighted by Gasteiger charge is -2.10. The Balaban J connectivity index is 1.67. The third-order valence-corrected chi connectivity index (χ3v) is 2.73. The van der Waals surface area contributed by atoms with Crippen molar-refractivity contribution in [1.29, 1.82) is 0 Å². The molecular weight excluding hydrogens is 202 g/mol. The Kier molecular flexibility index (Phi) is 3.97. The molecule has 0 aromatic carbocycles. The molecule has 0 aliphatic heterocycles. The smallest absolute Gasteiger partial charge is 0.126 e. The molecule has 0 saturated carbocycles. The van der Waals surface area contributed by atoms with Crippen molar-refractivity contribution in [3.63, 3.8) is 0 Å². The van der Waals surface area contributed by atoms with Crippen molar-refractivity contribution >= 4 is 6.08 Å². The monoisotopic (exact) mass is 219 g/mol. The Morgan fingerprint density at radius 3 is 3.12 bits per heavy atom. The molecule has 2 atom stereocenters. The minimum Gasteiger partial charge on any atom is -0.465 e. The summed E-state index contributed by atoms with van der Waals surface area (Å²) in [4.78, 5) is 0. The van der Waals surface area contributed by atoms with E-state index in [1.807, 2.05) is 24.3 Å². The zero-order valence-electron chi connectivity index (χ0n) is 9.17. The summed E-state index contributed by atoms with van der Waals surface area (Å²) in [6.45, 7) is 1.06. The number of nitrogens with one attached hydrogen (secondary N) is 1. The third kappa shape index (κ3) is 3.08. The average Bonchev–Trinajstić information content (AvgIpc) is 2.95. The number of aliphatic hydroxyl groups is 1. The average molecular weight is 219 g/mol. The minimum atomic E-state index is 0.247. The van der Waals surface area contributed by atoms with E-state index in [1.54, 1.807) is 6.26 Å². The molecule has 2 N–H and O–H groups in total. The molecule has 3 heteroatoms. The zero-order chi connectivity index (χ0) is 11.2. The Morgan fingerprint density at radius 1 is 1.50 bits per heavy atom. The molecule has 16 heavy (non-hydrogen) atoms. The van der Waals surface area contributed by atoms with Crippen LogP contribution in [0.15, 0.2) is 41.0 Å². The molecule has 0 unspecified atom stereocenters. The van der Waals surface area contributed by atoms with Gasteiger partial charge in [-0.15, -0.1) is 0 Å². The minimum absolute atomic E-state index is 0.247. The molecule has 0 amide bonds. The van der Waals surface area contributed by atoms with Crippen LogP contribution in [0.3, 0.4) is 0 Å². The first kappa shape index (κ1) is 11.2. The van der Waals surface area contributed by atoms with E-state index in [-0.39, 0.29) is 6.61 Å². The lowest BCUT2D eigenvalue weighted by Crippen LogP contribution is -2.26. The summed E-state index contributed by atoms with van der Waals surface area (Å²) >= 11 is 0. The molecule has 1 aromatic heterocycles. The van der Waals surface area contributed by atoms with Crippen LogP contribution in [0.5, 0.6) is 0 Å². The van der Waals surface area contributed by atoms with Gasteiger partial charge >= 0.3 is 0 Å². The van der Waals surface area contributed by atoms with Crippen molar-refractivity contribution in [2.24, 2.45) is 5.92 Å². The van der Waals surface area contributed by atoms with E-state index in [9.17, 15) is 0 Å². The fourth-order valence-electron chi connectivity index (χ4n) is 1.84.